The minimum Gasteiger partial charge on any atom is -0.438 e. The van der Waals surface area contributed by atoms with Gasteiger partial charge in [0.25, 0.3) is 11.8 Å². The van der Waals surface area contributed by atoms with Gasteiger partial charge < -0.3 is 15.1 Å². The lowest BCUT2D eigenvalue weighted by Gasteiger charge is -2.62. The molecule has 4 saturated carbocycles. The Hall–Kier alpha value is -2.70. The molecule has 28 heavy (non-hydrogen) atoms. The van der Waals surface area contributed by atoms with Crippen LogP contribution >= 0.6 is 0 Å². The Morgan fingerprint density at radius 1 is 1.04 bits per heavy atom. The lowest BCUT2D eigenvalue weighted by atomic mass is 9.50. The summed E-state index contributed by atoms with van der Waals surface area (Å²) in [5.41, 5.74) is -0.147. The summed E-state index contributed by atoms with van der Waals surface area (Å²) in [5, 5.41) is 6.52. The zero-order valence-electron chi connectivity index (χ0n) is 15.9. The highest BCUT2D eigenvalue weighted by molar-refractivity contribution is 5.93. The Morgan fingerprint density at radius 2 is 1.71 bits per heavy atom. The molecule has 0 aliphatic heterocycles. The summed E-state index contributed by atoms with van der Waals surface area (Å²) in [6.07, 6.45) is 8.97. The van der Waals surface area contributed by atoms with Crippen LogP contribution in [-0.4, -0.2) is 32.9 Å². The lowest BCUT2D eigenvalue weighted by molar-refractivity contribution is -0.0452. The van der Waals surface area contributed by atoms with Crippen molar-refractivity contribution in [3.8, 4) is 0 Å². The third-order valence-corrected chi connectivity index (χ3v) is 6.53. The molecule has 4 fully saturated rings. The van der Waals surface area contributed by atoms with E-state index in [0.29, 0.717) is 23.3 Å². The van der Waals surface area contributed by atoms with Gasteiger partial charge in [0.2, 0.25) is 0 Å². The smallest absolute Gasteiger partial charge is 0.307 e. The van der Waals surface area contributed by atoms with Crippen LogP contribution in [0, 0.1) is 18.8 Å². The Balaban J connectivity index is 1.38. The van der Waals surface area contributed by atoms with Crippen molar-refractivity contribution >= 4 is 11.8 Å². The average molecular weight is 380 g/mol. The molecule has 0 saturated heterocycles. The Morgan fingerprint density at radius 3 is 2.29 bits per heavy atom. The van der Waals surface area contributed by atoms with Crippen LogP contribution < -0.4 is 10.6 Å². The predicted octanol–water partition coefficient (Wildman–Crippen LogP) is 2.63. The largest absolute Gasteiger partial charge is 0.438 e. The number of aromatic nitrogens is 2. The molecule has 2 aromatic rings. The molecule has 2 heterocycles. The summed E-state index contributed by atoms with van der Waals surface area (Å²) in [6, 6.07) is 5.36. The second-order valence-electron chi connectivity index (χ2n) is 8.92. The summed E-state index contributed by atoms with van der Waals surface area (Å²) >= 11 is 0. The average Bonchev–Trinajstić information content (AvgIpc) is 3.07. The van der Waals surface area contributed by atoms with Crippen LogP contribution in [0.25, 0.3) is 0 Å². The quantitative estimate of drug-likeness (QED) is 0.850. The van der Waals surface area contributed by atoms with Gasteiger partial charge in [-0.1, -0.05) is 6.07 Å². The fourth-order valence-electron chi connectivity index (χ4n) is 6.11. The van der Waals surface area contributed by atoms with Crippen molar-refractivity contribution in [2.75, 3.05) is 0 Å². The first-order valence-electron chi connectivity index (χ1n) is 9.93. The van der Waals surface area contributed by atoms with Gasteiger partial charge in [-0.2, -0.15) is 0 Å². The van der Waals surface area contributed by atoms with Gasteiger partial charge in [-0.15, -0.1) is 0 Å². The molecule has 0 aromatic carbocycles. The molecule has 4 bridgehead atoms. The Kier molecular flexibility index (Phi) is 3.82. The predicted molar refractivity (Wildman–Crippen MR) is 101 cm³/mol. The molecule has 2 N–H and O–H groups in total. The number of pyridine rings is 1. The molecule has 146 valence electrons. The second kappa shape index (κ2) is 6.15. The number of amides is 2. The number of carbonyl (C=O) groups excluding carboxylic acids is 2. The summed E-state index contributed by atoms with van der Waals surface area (Å²) in [4.78, 5) is 33.8. The van der Waals surface area contributed by atoms with Gasteiger partial charge in [0.15, 0.2) is 0 Å². The minimum absolute atomic E-state index is 0.111. The molecule has 0 spiro atoms. The molecular weight excluding hydrogens is 356 g/mol. The van der Waals surface area contributed by atoms with Gasteiger partial charge in [0.1, 0.15) is 11.5 Å². The van der Waals surface area contributed by atoms with Crippen molar-refractivity contribution in [2.24, 2.45) is 11.8 Å². The molecule has 7 heteroatoms. The molecule has 0 radical (unpaired) electrons. The molecule has 6 rings (SSSR count). The van der Waals surface area contributed by atoms with Crippen molar-refractivity contribution in [3.63, 3.8) is 0 Å². The number of hydrogen-bond acceptors (Lipinski definition) is 5. The van der Waals surface area contributed by atoms with Crippen LogP contribution in [0.4, 0.5) is 0 Å². The van der Waals surface area contributed by atoms with E-state index in [1.165, 1.54) is 6.42 Å². The van der Waals surface area contributed by atoms with Gasteiger partial charge in [0, 0.05) is 17.3 Å². The van der Waals surface area contributed by atoms with Crippen molar-refractivity contribution in [2.45, 2.75) is 56.5 Å². The summed E-state index contributed by atoms with van der Waals surface area (Å²) in [7, 11) is 0. The third kappa shape index (κ3) is 2.99. The van der Waals surface area contributed by atoms with Gasteiger partial charge in [-0.3, -0.25) is 14.6 Å². The maximum Gasteiger partial charge on any atom is 0.307 e. The standard InChI is InChI=1S/C21H24N4O3/c1-13-11-23-19(28-13)18(27)25-21-9-14-6-15(10-21)8-20(7-14,12-21)24-17(26)16-4-2-3-5-22-16/h2-5,11,14-15H,6-10,12H2,1H3,(H,24,26)(H,25,27). The molecule has 4 aliphatic carbocycles. The molecule has 4 aliphatic rings. The van der Waals surface area contributed by atoms with Crippen LogP contribution in [0.3, 0.4) is 0 Å². The first-order chi connectivity index (χ1) is 13.4. The summed E-state index contributed by atoms with van der Waals surface area (Å²) < 4.78 is 5.41. The van der Waals surface area contributed by atoms with Crippen LogP contribution in [0.5, 0.6) is 0 Å². The van der Waals surface area contributed by atoms with Crippen molar-refractivity contribution in [3.05, 3.63) is 47.9 Å². The molecule has 7 nitrogen and oxygen atoms in total. The van der Waals surface area contributed by atoms with E-state index in [-0.39, 0.29) is 28.8 Å². The fourth-order valence-corrected chi connectivity index (χ4v) is 6.11. The number of carbonyl (C=O) groups is 2. The minimum atomic E-state index is -0.305. The van der Waals surface area contributed by atoms with E-state index in [1.54, 1.807) is 31.5 Å². The highest BCUT2D eigenvalue weighted by Gasteiger charge is 2.59. The fraction of sp³-hybridized carbons (Fsp3) is 0.524. The number of nitrogens with zero attached hydrogens (tertiary/aromatic N) is 2. The topological polar surface area (TPSA) is 97.1 Å². The maximum absolute atomic E-state index is 12.8. The Bertz CT molecular complexity index is 909. The lowest BCUT2D eigenvalue weighted by Crippen LogP contribution is -2.69. The van der Waals surface area contributed by atoms with E-state index in [0.717, 1.165) is 32.1 Å². The highest BCUT2D eigenvalue weighted by atomic mass is 16.4. The number of nitrogens with one attached hydrogen (secondary N) is 2. The van der Waals surface area contributed by atoms with Gasteiger partial charge in [-0.05, 0) is 69.4 Å². The second-order valence-corrected chi connectivity index (χ2v) is 8.92. The Labute approximate surface area is 163 Å². The number of hydrogen-bond donors (Lipinski definition) is 2. The summed E-state index contributed by atoms with van der Waals surface area (Å²) in [6.45, 7) is 1.77. The molecule has 2 aromatic heterocycles. The SMILES string of the molecule is Cc1cnc(C(=O)NC23CC4CC(CC(NC(=O)c5ccccn5)(C4)C2)C3)o1. The van der Waals surface area contributed by atoms with E-state index in [9.17, 15) is 9.59 Å². The van der Waals surface area contributed by atoms with E-state index in [1.807, 2.05) is 6.07 Å². The summed E-state index contributed by atoms with van der Waals surface area (Å²) in [5.74, 6) is 1.36. The maximum atomic E-state index is 12.8. The molecule has 2 unspecified atom stereocenters. The zero-order chi connectivity index (χ0) is 19.4. The van der Waals surface area contributed by atoms with Crippen LogP contribution in [0.15, 0.2) is 35.0 Å². The first-order valence-corrected chi connectivity index (χ1v) is 9.93. The number of oxazole rings is 1. The molecule has 2 atom stereocenters. The van der Waals surface area contributed by atoms with E-state index < -0.39 is 0 Å². The normalized spacial score (nSPS) is 32.9. The number of aryl methyl sites for hydroxylation is 1. The number of rotatable bonds is 4. The molecule has 2 amide bonds. The van der Waals surface area contributed by atoms with Gasteiger partial charge in [0.05, 0.1) is 6.20 Å². The van der Waals surface area contributed by atoms with Gasteiger partial charge in [-0.25, -0.2) is 4.98 Å². The third-order valence-electron chi connectivity index (χ3n) is 6.53. The van der Waals surface area contributed by atoms with Crippen molar-refractivity contribution < 1.29 is 14.0 Å². The van der Waals surface area contributed by atoms with E-state index >= 15 is 0 Å². The van der Waals surface area contributed by atoms with Gasteiger partial charge >= 0.3 is 5.91 Å². The highest BCUT2D eigenvalue weighted by Crippen LogP contribution is 2.57. The first kappa shape index (κ1) is 17.4. The van der Waals surface area contributed by atoms with Crippen molar-refractivity contribution in [1.29, 1.82) is 0 Å². The van der Waals surface area contributed by atoms with Crippen LogP contribution in [-0.2, 0) is 0 Å². The van der Waals surface area contributed by atoms with Crippen molar-refractivity contribution in [1.82, 2.24) is 20.6 Å². The zero-order valence-corrected chi connectivity index (χ0v) is 15.9. The van der Waals surface area contributed by atoms with E-state index in [2.05, 4.69) is 20.6 Å². The van der Waals surface area contributed by atoms with Crippen LogP contribution in [0.2, 0.25) is 0 Å². The monoisotopic (exact) mass is 380 g/mol. The van der Waals surface area contributed by atoms with Crippen LogP contribution in [0.1, 0.15) is 65.5 Å². The molecular formula is C21H24N4O3. The van der Waals surface area contributed by atoms with E-state index in [4.69, 9.17) is 4.42 Å².